The molecule has 0 radical (unpaired) electrons. The van der Waals surface area contributed by atoms with E-state index in [1.54, 1.807) is 48.5 Å². The third kappa shape index (κ3) is 4.51. The number of allylic oxidation sites excluding steroid dienone is 1. The molecule has 0 bridgehead atoms. The average molecular weight is 362 g/mol. The van der Waals surface area contributed by atoms with Crippen molar-refractivity contribution in [1.29, 1.82) is 5.26 Å². The maximum absolute atomic E-state index is 10.8. The highest BCUT2D eigenvalue weighted by Gasteiger charge is 2.12. The summed E-state index contributed by atoms with van der Waals surface area (Å²) in [5.41, 5.74) is 1.74. The van der Waals surface area contributed by atoms with E-state index in [-0.39, 0.29) is 0 Å². The van der Waals surface area contributed by atoms with Crippen molar-refractivity contribution in [3.05, 3.63) is 63.6 Å². The van der Waals surface area contributed by atoms with Crippen LogP contribution >= 0.6 is 23.2 Å². The van der Waals surface area contributed by atoms with E-state index in [2.05, 4.69) is 6.07 Å². The Hall–Kier alpha value is -2.48. The smallest absolute Gasteiger partial charge is 0.344 e. The van der Waals surface area contributed by atoms with E-state index < -0.39 is 12.1 Å². The van der Waals surface area contributed by atoms with Gasteiger partial charge in [0.05, 0.1) is 16.7 Å². The Morgan fingerprint density at radius 1 is 1.25 bits per heavy atom. The number of carbonyl (C=O) groups is 1. The van der Waals surface area contributed by atoms with Crippen molar-refractivity contribution < 1.29 is 14.6 Å². The maximum Gasteiger partial charge on any atom is 0.344 e. The second-order valence-electron chi connectivity index (χ2n) is 4.96. The second-order valence-corrected chi connectivity index (χ2v) is 5.80. The topological polar surface area (TPSA) is 70.3 Å². The van der Waals surface area contributed by atoms with Crippen LogP contribution in [0.1, 0.15) is 18.1 Å². The quantitative estimate of drug-likeness (QED) is 0.606. The van der Waals surface area contributed by atoms with Crippen molar-refractivity contribution in [2.24, 2.45) is 0 Å². The number of rotatable bonds is 5. The highest BCUT2D eigenvalue weighted by Crippen LogP contribution is 2.28. The number of halogens is 2. The number of hydrogen-bond donors (Lipinski definition) is 1. The van der Waals surface area contributed by atoms with Gasteiger partial charge in [0.1, 0.15) is 5.75 Å². The zero-order chi connectivity index (χ0) is 17.7. The van der Waals surface area contributed by atoms with Gasteiger partial charge in [0.2, 0.25) is 0 Å². The molecule has 0 saturated heterocycles. The van der Waals surface area contributed by atoms with Crippen molar-refractivity contribution in [2.75, 3.05) is 0 Å². The number of carboxylic acids is 1. The molecule has 0 unspecified atom stereocenters. The number of nitriles is 1. The molecule has 6 heteroatoms. The van der Waals surface area contributed by atoms with Gasteiger partial charge in [-0.1, -0.05) is 41.4 Å². The number of aliphatic carboxylic acids is 1. The molecule has 2 rings (SSSR count). The summed E-state index contributed by atoms with van der Waals surface area (Å²) in [6.45, 7) is 1.45. The van der Waals surface area contributed by atoms with E-state index in [0.717, 1.165) is 5.56 Å². The predicted octanol–water partition coefficient (Wildman–Crippen LogP) is 4.91. The first-order valence-electron chi connectivity index (χ1n) is 6.97. The molecular weight excluding hydrogens is 349 g/mol. The minimum atomic E-state index is -1.04. The van der Waals surface area contributed by atoms with Crippen molar-refractivity contribution in [3.8, 4) is 11.8 Å². The maximum atomic E-state index is 10.8. The first kappa shape index (κ1) is 17.9. The Bertz CT molecular complexity index is 823. The minimum absolute atomic E-state index is 0.393. The van der Waals surface area contributed by atoms with Crippen LogP contribution in [-0.4, -0.2) is 17.2 Å². The number of carboxylic acid groups (broad SMARTS) is 1. The van der Waals surface area contributed by atoms with Crippen molar-refractivity contribution >= 4 is 40.8 Å². The van der Waals surface area contributed by atoms with Gasteiger partial charge in [-0.2, -0.15) is 5.26 Å². The van der Waals surface area contributed by atoms with Gasteiger partial charge in [-0.3, -0.25) is 0 Å². The fourth-order valence-electron chi connectivity index (χ4n) is 1.94. The largest absolute Gasteiger partial charge is 0.479 e. The van der Waals surface area contributed by atoms with Crippen LogP contribution in [-0.2, 0) is 4.79 Å². The van der Waals surface area contributed by atoms with Gasteiger partial charge >= 0.3 is 5.97 Å². The van der Waals surface area contributed by atoms with Crippen molar-refractivity contribution in [3.63, 3.8) is 0 Å². The lowest BCUT2D eigenvalue weighted by Crippen LogP contribution is -2.22. The highest BCUT2D eigenvalue weighted by atomic mass is 35.5. The van der Waals surface area contributed by atoms with Crippen LogP contribution in [0.25, 0.3) is 11.6 Å². The monoisotopic (exact) mass is 361 g/mol. The van der Waals surface area contributed by atoms with E-state index >= 15 is 0 Å². The number of benzene rings is 2. The molecule has 24 heavy (non-hydrogen) atoms. The molecule has 0 aliphatic carbocycles. The number of hydrogen-bond acceptors (Lipinski definition) is 3. The van der Waals surface area contributed by atoms with Crippen LogP contribution in [0, 0.1) is 11.3 Å². The van der Waals surface area contributed by atoms with Crippen LogP contribution in [0.2, 0.25) is 10.0 Å². The first-order valence-corrected chi connectivity index (χ1v) is 7.73. The van der Waals surface area contributed by atoms with Gasteiger partial charge in [-0.05, 0) is 42.8 Å². The van der Waals surface area contributed by atoms with Crippen LogP contribution in [0.5, 0.6) is 5.75 Å². The lowest BCUT2D eigenvalue weighted by molar-refractivity contribution is -0.144. The molecule has 2 aromatic carbocycles. The van der Waals surface area contributed by atoms with E-state index in [9.17, 15) is 10.1 Å². The van der Waals surface area contributed by atoms with E-state index in [0.29, 0.717) is 26.9 Å². The summed E-state index contributed by atoms with van der Waals surface area (Å²) in [6, 6.07) is 13.8. The molecule has 2 aromatic rings. The summed E-state index contributed by atoms with van der Waals surface area (Å²) >= 11 is 12.0. The molecular formula is C18H13Cl2NO3. The standard InChI is InChI=1S/C18H13Cl2NO3/c1-11(18(22)23)24-15-5-2-12(3-6-15)8-13(10-21)16-7-4-14(19)9-17(16)20/h2-9,11H,1H3,(H,22,23)/b13-8-/t11-/m0/s1. The zero-order valence-electron chi connectivity index (χ0n) is 12.7. The lowest BCUT2D eigenvalue weighted by atomic mass is 10.0. The molecule has 0 fully saturated rings. The van der Waals surface area contributed by atoms with Gasteiger partial charge in [0.25, 0.3) is 0 Å². The molecule has 0 amide bonds. The van der Waals surface area contributed by atoms with Gasteiger partial charge in [0.15, 0.2) is 6.10 Å². The number of nitrogens with zero attached hydrogens (tertiary/aromatic N) is 1. The third-order valence-electron chi connectivity index (χ3n) is 3.19. The Balaban J connectivity index is 2.25. The van der Waals surface area contributed by atoms with Crippen molar-refractivity contribution in [2.45, 2.75) is 13.0 Å². The van der Waals surface area contributed by atoms with E-state index in [1.165, 1.54) is 6.92 Å². The molecule has 1 N–H and O–H groups in total. The third-order valence-corrected chi connectivity index (χ3v) is 3.74. The van der Waals surface area contributed by atoms with Crippen molar-refractivity contribution in [1.82, 2.24) is 0 Å². The normalized spacial score (nSPS) is 12.3. The van der Waals surface area contributed by atoms with Gasteiger partial charge in [0, 0.05) is 10.6 Å². The summed E-state index contributed by atoms with van der Waals surface area (Å²) in [6.07, 6.45) is 0.744. The summed E-state index contributed by atoms with van der Waals surface area (Å²) in [4.78, 5) is 10.8. The fourth-order valence-corrected chi connectivity index (χ4v) is 2.45. The lowest BCUT2D eigenvalue weighted by Gasteiger charge is -2.10. The van der Waals surface area contributed by atoms with Gasteiger partial charge in [-0.15, -0.1) is 0 Å². The molecule has 0 saturated carbocycles. The van der Waals surface area contributed by atoms with Crippen LogP contribution in [0.4, 0.5) is 0 Å². The molecule has 0 aliphatic rings. The van der Waals surface area contributed by atoms with Crippen LogP contribution in [0.3, 0.4) is 0 Å². The Morgan fingerprint density at radius 2 is 1.92 bits per heavy atom. The molecule has 0 heterocycles. The number of ether oxygens (including phenoxy) is 1. The minimum Gasteiger partial charge on any atom is -0.479 e. The summed E-state index contributed by atoms with van der Waals surface area (Å²) in [5, 5.41) is 19.1. The molecule has 1 atom stereocenters. The first-order chi connectivity index (χ1) is 11.4. The van der Waals surface area contributed by atoms with Crippen LogP contribution < -0.4 is 4.74 Å². The van der Waals surface area contributed by atoms with Gasteiger partial charge in [-0.25, -0.2) is 4.79 Å². The molecule has 4 nitrogen and oxygen atoms in total. The van der Waals surface area contributed by atoms with Gasteiger partial charge < -0.3 is 9.84 Å². The Morgan fingerprint density at radius 3 is 2.46 bits per heavy atom. The van der Waals surface area contributed by atoms with Crippen LogP contribution in [0.15, 0.2) is 42.5 Å². The average Bonchev–Trinajstić information content (AvgIpc) is 2.54. The summed E-state index contributed by atoms with van der Waals surface area (Å²) in [7, 11) is 0. The Labute approximate surface area is 149 Å². The zero-order valence-corrected chi connectivity index (χ0v) is 14.2. The Kier molecular flexibility index (Phi) is 5.86. The fraction of sp³-hybridized carbons (Fsp3) is 0.111. The predicted molar refractivity (Wildman–Crippen MR) is 94.1 cm³/mol. The molecule has 0 aromatic heterocycles. The summed E-state index contributed by atoms with van der Waals surface area (Å²) in [5.74, 6) is -0.604. The highest BCUT2D eigenvalue weighted by molar-refractivity contribution is 6.36. The summed E-state index contributed by atoms with van der Waals surface area (Å²) < 4.78 is 5.26. The molecule has 122 valence electrons. The van der Waals surface area contributed by atoms with E-state index in [4.69, 9.17) is 33.0 Å². The van der Waals surface area contributed by atoms with E-state index in [1.807, 2.05) is 0 Å². The SMILES string of the molecule is C[C@H](Oc1ccc(/C=C(/C#N)c2ccc(Cl)cc2Cl)cc1)C(=O)O. The molecule has 0 aliphatic heterocycles. The second kappa shape index (κ2) is 7.87. The molecule has 0 spiro atoms.